The van der Waals surface area contributed by atoms with Gasteiger partial charge in [-0.2, -0.15) is 0 Å². The lowest BCUT2D eigenvalue weighted by atomic mass is 9.74. The van der Waals surface area contributed by atoms with Crippen LogP contribution in [-0.4, -0.2) is 24.0 Å². The largest absolute Gasteiger partial charge is 0.300 e. The van der Waals surface area contributed by atoms with Crippen molar-refractivity contribution in [1.82, 2.24) is 4.90 Å². The molecular weight excluding hydrogens is 306 g/mol. The number of hydrogen-bond donors (Lipinski definition) is 0. The molecule has 4 heterocycles. The Labute approximate surface area is 142 Å². The molecule has 2 atom stereocenters. The van der Waals surface area contributed by atoms with E-state index in [2.05, 4.69) is 53.9 Å². The van der Waals surface area contributed by atoms with Gasteiger partial charge in [0.1, 0.15) is 0 Å². The first kappa shape index (κ1) is 14.9. The molecule has 3 heteroatoms. The molecule has 22 heavy (non-hydrogen) atoms. The minimum absolute atomic E-state index is 0.211. The molecule has 118 valence electrons. The molecule has 0 aliphatic carbocycles. The van der Waals surface area contributed by atoms with E-state index in [1.807, 2.05) is 22.7 Å². The van der Waals surface area contributed by atoms with Crippen molar-refractivity contribution in [2.45, 2.75) is 56.5 Å². The van der Waals surface area contributed by atoms with Gasteiger partial charge in [-0.15, -0.1) is 22.7 Å². The van der Waals surface area contributed by atoms with Gasteiger partial charge in [0.15, 0.2) is 0 Å². The molecule has 4 rings (SSSR count). The van der Waals surface area contributed by atoms with Crippen molar-refractivity contribution in [3.8, 4) is 0 Å². The third kappa shape index (κ3) is 2.47. The molecule has 0 saturated carbocycles. The molecule has 2 bridgehead atoms. The first-order valence-electron chi connectivity index (χ1n) is 8.47. The Morgan fingerprint density at radius 3 is 2.05 bits per heavy atom. The summed E-state index contributed by atoms with van der Waals surface area (Å²) in [6.07, 6.45) is 6.96. The number of nitrogens with zero attached hydrogens (tertiary/aromatic N) is 1. The Balaban J connectivity index is 1.60. The molecule has 2 fully saturated rings. The Kier molecular flexibility index (Phi) is 3.91. The molecule has 2 aromatic heterocycles. The molecule has 0 spiro atoms. The molecule has 0 amide bonds. The fourth-order valence-corrected chi connectivity index (χ4v) is 6.67. The molecule has 1 nitrogen and oxygen atoms in total. The van der Waals surface area contributed by atoms with Gasteiger partial charge in [0.05, 0.1) is 0 Å². The molecule has 0 N–H and O–H groups in total. The van der Waals surface area contributed by atoms with E-state index in [-0.39, 0.29) is 5.41 Å². The molecule has 2 aliphatic heterocycles. The quantitative estimate of drug-likeness (QED) is 0.727. The van der Waals surface area contributed by atoms with Crippen LogP contribution in [0.3, 0.4) is 0 Å². The van der Waals surface area contributed by atoms with Gasteiger partial charge in [-0.1, -0.05) is 12.1 Å². The third-order valence-electron chi connectivity index (χ3n) is 6.02. The van der Waals surface area contributed by atoms with Crippen molar-refractivity contribution in [3.63, 3.8) is 0 Å². The van der Waals surface area contributed by atoms with E-state index in [9.17, 15) is 0 Å². The Morgan fingerprint density at radius 2 is 1.59 bits per heavy atom. The predicted molar refractivity (Wildman–Crippen MR) is 97.0 cm³/mol. The van der Waals surface area contributed by atoms with Crippen LogP contribution in [0.15, 0.2) is 35.0 Å². The van der Waals surface area contributed by atoms with Crippen LogP contribution in [0.25, 0.3) is 0 Å². The van der Waals surface area contributed by atoms with Gasteiger partial charge >= 0.3 is 0 Å². The lowest BCUT2D eigenvalue weighted by Crippen LogP contribution is -2.41. The normalized spacial score (nSPS) is 29.1. The van der Waals surface area contributed by atoms with Crippen molar-refractivity contribution >= 4 is 22.7 Å². The van der Waals surface area contributed by atoms with Crippen molar-refractivity contribution in [3.05, 3.63) is 44.8 Å². The predicted octanol–water partition coefficient (Wildman–Crippen LogP) is 5.38. The average molecular weight is 332 g/mol. The number of piperidine rings is 1. The van der Waals surface area contributed by atoms with Gasteiger partial charge in [-0.3, -0.25) is 0 Å². The second kappa shape index (κ2) is 5.77. The summed E-state index contributed by atoms with van der Waals surface area (Å²) < 4.78 is 0. The second-order valence-electron chi connectivity index (χ2n) is 7.38. The molecule has 0 radical (unpaired) electrons. The lowest BCUT2D eigenvalue weighted by molar-refractivity contribution is 0.121. The van der Waals surface area contributed by atoms with E-state index in [0.29, 0.717) is 0 Å². The lowest BCUT2D eigenvalue weighted by Gasteiger charge is -2.40. The van der Waals surface area contributed by atoms with Gasteiger partial charge in [0, 0.05) is 27.3 Å². The summed E-state index contributed by atoms with van der Waals surface area (Å²) >= 11 is 3.86. The topological polar surface area (TPSA) is 3.24 Å². The summed E-state index contributed by atoms with van der Waals surface area (Å²) in [5.41, 5.74) is 0.211. The highest BCUT2D eigenvalue weighted by Crippen LogP contribution is 2.47. The van der Waals surface area contributed by atoms with Gasteiger partial charge in [0.25, 0.3) is 0 Å². The minimum Gasteiger partial charge on any atom is -0.300 e. The molecular formula is C19H25NS2. The first-order chi connectivity index (χ1) is 10.7. The highest BCUT2D eigenvalue weighted by atomic mass is 32.1. The summed E-state index contributed by atoms with van der Waals surface area (Å²) in [5, 5.41) is 4.47. The van der Waals surface area contributed by atoms with E-state index in [4.69, 9.17) is 0 Å². The zero-order valence-corrected chi connectivity index (χ0v) is 15.1. The number of thiophene rings is 2. The van der Waals surface area contributed by atoms with Crippen LogP contribution in [0, 0.1) is 5.92 Å². The van der Waals surface area contributed by atoms with Gasteiger partial charge in [0.2, 0.25) is 0 Å². The maximum atomic E-state index is 2.66. The molecule has 2 aromatic rings. The van der Waals surface area contributed by atoms with E-state index in [0.717, 1.165) is 18.0 Å². The summed E-state index contributed by atoms with van der Waals surface area (Å²) in [5.74, 6) is 0.878. The number of rotatable bonds is 4. The Morgan fingerprint density at radius 1 is 1.05 bits per heavy atom. The van der Waals surface area contributed by atoms with E-state index >= 15 is 0 Å². The van der Waals surface area contributed by atoms with Crippen molar-refractivity contribution in [1.29, 1.82) is 0 Å². The standard InChI is InChI=1S/C19H25NS2/c1-19(17-5-3-9-21-17,18-6-4-10-22-18)13-14-11-15-7-8-16(12-14)20(15)2/h3-6,9-10,14-16H,7-8,11-13H2,1-2H3. The Hall–Kier alpha value is -0.640. The van der Waals surface area contributed by atoms with Crippen molar-refractivity contribution in [2.24, 2.45) is 5.92 Å². The second-order valence-corrected chi connectivity index (χ2v) is 9.27. The van der Waals surface area contributed by atoms with Crippen LogP contribution in [0.5, 0.6) is 0 Å². The molecule has 0 aromatic carbocycles. The monoisotopic (exact) mass is 331 g/mol. The van der Waals surface area contributed by atoms with Crippen LogP contribution >= 0.6 is 22.7 Å². The maximum Gasteiger partial charge on any atom is 0.0364 e. The third-order valence-corrected chi connectivity index (χ3v) is 8.29. The SMILES string of the molecule is CN1C2CCC1CC(CC(C)(c1cccs1)c1cccs1)C2. The van der Waals surface area contributed by atoms with Crippen molar-refractivity contribution < 1.29 is 0 Å². The van der Waals surface area contributed by atoms with Gasteiger partial charge in [-0.25, -0.2) is 0 Å². The highest BCUT2D eigenvalue weighted by Gasteiger charge is 2.42. The summed E-state index contributed by atoms with van der Waals surface area (Å²) in [6.45, 7) is 2.48. The van der Waals surface area contributed by atoms with E-state index in [1.54, 1.807) is 9.75 Å². The number of fused-ring (bicyclic) bond motifs is 2. The van der Waals surface area contributed by atoms with Gasteiger partial charge in [-0.05, 0) is 74.9 Å². The maximum absolute atomic E-state index is 2.66. The fourth-order valence-electron chi connectivity index (χ4n) is 4.78. The number of hydrogen-bond acceptors (Lipinski definition) is 3. The summed E-state index contributed by atoms with van der Waals surface area (Å²) in [7, 11) is 2.34. The van der Waals surface area contributed by atoms with Crippen LogP contribution in [0.1, 0.15) is 48.8 Å². The minimum atomic E-state index is 0.211. The Bertz CT molecular complexity index is 553. The fraction of sp³-hybridized carbons (Fsp3) is 0.579. The molecule has 2 unspecified atom stereocenters. The van der Waals surface area contributed by atoms with E-state index < -0.39 is 0 Å². The van der Waals surface area contributed by atoms with Crippen LogP contribution < -0.4 is 0 Å². The smallest absolute Gasteiger partial charge is 0.0364 e. The average Bonchev–Trinajstić information content (AvgIpc) is 3.22. The molecule has 2 aliphatic rings. The van der Waals surface area contributed by atoms with Crippen LogP contribution in [0.2, 0.25) is 0 Å². The van der Waals surface area contributed by atoms with Gasteiger partial charge < -0.3 is 4.90 Å². The van der Waals surface area contributed by atoms with Crippen LogP contribution in [-0.2, 0) is 5.41 Å². The molecule has 2 saturated heterocycles. The summed E-state index contributed by atoms with van der Waals surface area (Å²) in [6, 6.07) is 10.8. The summed E-state index contributed by atoms with van der Waals surface area (Å²) in [4.78, 5) is 5.74. The van der Waals surface area contributed by atoms with Crippen molar-refractivity contribution in [2.75, 3.05) is 7.05 Å². The van der Waals surface area contributed by atoms with Crippen LogP contribution in [0.4, 0.5) is 0 Å². The first-order valence-corrected chi connectivity index (χ1v) is 10.2. The highest BCUT2D eigenvalue weighted by molar-refractivity contribution is 7.11. The van der Waals surface area contributed by atoms with E-state index in [1.165, 1.54) is 32.1 Å². The zero-order chi connectivity index (χ0) is 15.2. The zero-order valence-electron chi connectivity index (χ0n) is 13.5.